The molecule has 0 saturated heterocycles. The van der Waals surface area contributed by atoms with Crippen LogP contribution in [0.25, 0.3) is 27.7 Å². The molecule has 1 amide bonds. The zero-order valence-corrected chi connectivity index (χ0v) is 21.4. The smallest absolute Gasteiger partial charge is 0.305 e. The molecule has 0 radical (unpaired) electrons. The molecule has 0 aliphatic heterocycles. The van der Waals surface area contributed by atoms with E-state index in [0.29, 0.717) is 23.6 Å². The molecule has 0 fully saturated rings. The SMILES string of the molecule is COc1ccc2cc(-c3nn(-c4cc(F)cc(F)c4)cc3OC3=CCC(C(=O)NCCC(=O)O)C=C3)ccc2c1. The van der Waals surface area contributed by atoms with Crippen LogP contribution in [0.3, 0.4) is 0 Å². The van der Waals surface area contributed by atoms with Gasteiger partial charge >= 0.3 is 5.97 Å². The van der Waals surface area contributed by atoms with Gasteiger partial charge < -0.3 is 19.9 Å². The van der Waals surface area contributed by atoms with Crippen LogP contribution in [-0.2, 0) is 9.59 Å². The van der Waals surface area contributed by atoms with Crippen molar-refractivity contribution >= 4 is 22.6 Å². The number of hydrogen-bond acceptors (Lipinski definition) is 5. The van der Waals surface area contributed by atoms with E-state index < -0.39 is 23.5 Å². The second-order valence-corrected chi connectivity index (χ2v) is 9.19. The van der Waals surface area contributed by atoms with Crippen LogP contribution in [0.15, 0.2) is 84.8 Å². The van der Waals surface area contributed by atoms with Gasteiger partial charge in [0.25, 0.3) is 0 Å². The third-order valence-electron chi connectivity index (χ3n) is 6.38. The number of aromatic nitrogens is 2. The topological polar surface area (TPSA) is 103 Å². The molecule has 0 saturated carbocycles. The van der Waals surface area contributed by atoms with Gasteiger partial charge in [0.1, 0.15) is 28.8 Å². The average Bonchev–Trinajstić information content (AvgIpc) is 3.36. The highest BCUT2D eigenvalue weighted by Crippen LogP contribution is 2.35. The Kier molecular flexibility index (Phi) is 7.59. The minimum absolute atomic E-state index is 0.0489. The molecule has 1 aliphatic carbocycles. The predicted octanol–water partition coefficient (Wildman–Crippen LogP) is 5.41. The summed E-state index contributed by atoms with van der Waals surface area (Å²) >= 11 is 0. The fraction of sp³-hybridized carbons (Fsp3) is 0.167. The van der Waals surface area contributed by atoms with E-state index in [4.69, 9.17) is 14.6 Å². The number of carbonyl (C=O) groups excluding carboxylic acids is 1. The molecule has 5 rings (SSSR count). The molecule has 3 aromatic carbocycles. The maximum atomic E-state index is 14.0. The molecule has 204 valence electrons. The van der Waals surface area contributed by atoms with E-state index in [1.165, 1.54) is 16.8 Å². The van der Waals surface area contributed by atoms with Crippen LogP contribution >= 0.6 is 0 Å². The number of ether oxygens (including phenoxy) is 2. The largest absolute Gasteiger partial charge is 0.497 e. The van der Waals surface area contributed by atoms with Gasteiger partial charge in [-0.15, -0.1) is 0 Å². The Morgan fingerprint density at radius 1 is 1.07 bits per heavy atom. The van der Waals surface area contributed by atoms with Crippen LogP contribution in [0.1, 0.15) is 12.8 Å². The molecule has 0 bridgehead atoms. The van der Waals surface area contributed by atoms with Crippen molar-refractivity contribution in [3.8, 4) is 28.4 Å². The molecule has 2 N–H and O–H groups in total. The lowest BCUT2D eigenvalue weighted by molar-refractivity contribution is -0.137. The summed E-state index contributed by atoms with van der Waals surface area (Å²) in [5.41, 5.74) is 1.36. The van der Waals surface area contributed by atoms with Gasteiger partial charge in [-0.25, -0.2) is 13.5 Å². The number of methoxy groups -OCH3 is 1. The summed E-state index contributed by atoms with van der Waals surface area (Å²) < 4.78 is 40.8. The van der Waals surface area contributed by atoms with Crippen molar-refractivity contribution in [2.24, 2.45) is 5.92 Å². The Bertz CT molecular complexity index is 1640. The van der Waals surface area contributed by atoms with Crippen molar-refractivity contribution < 1.29 is 33.0 Å². The zero-order chi connectivity index (χ0) is 28.2. The van der Waals surface area contributed by atoms with Crippen molar-refractivity contribution in [2.75, 3.05) is 13.7 Å². The van der Waals surface area contributed by atoms with E-state index in [1.807, 2.05) is 36.4 Å². The number of amides is 1. The number of rotatable bonds is 9. The normalized spacial score (nSPS) is 14.6. The number of nitrogens with one attached hydrogen (secondary N) is 1. The predicted molar refractivity (Wildman–Crippen MR) is 144 cm³/mol. The number of halogens is 2. The monoisotopic (exact) mass is 545 g/mol. The zero-order valence-electron chi connectivity index (χ0n) is 21.4. The third-order valence-corrected chi connectivity index (χ3v) is 6.38. The molecule has 4 aromatic rings. The van der Waals surface area contributed by atoms with Gasteiger partial charge in [0.15, 0.2) is 5.75 Å². The number of benzene rings is 3. The summed E-state index contributed by atoms with van der Waals surface area (Å²) in [6, 6.07) is 14.5. The Balaban J connectivity index is 1.44. The van der Waals surface area contributed by atoms with Crippen molar-refractivity contribution in [1.29, 1.82) is 0 Å². The Morgan fingerprint density at radius 3 is 2.52 bits per heavy atom. The number of hydrogen-bond donors (Lipinski definition) is 2. The second kappa shape index (κ2) is 11.4. The van der Waals surface area contributed by atoms with Gasteiger partial charge in [0, 0.05) is 18.2 Å². The number of carboxylic acids is 1. The first-order chi connectivity index (χ1) is 19.3. The highest BCUT2D eigenvalue weighted by atomic mass is 19.1. The first-order valence-electron chi connectivity index (χ1n) is 12.5. The fourth-order valence-electron chi connectivity index (χ4n) is 4.36. The Labute approximate surface area is 228 Å². The number of allylic oxidation sites excluding steroid dienone is 2. The van der Waals surface area contributed by atoms with Gasteiger partial charge in [-0.1, -0.05) is 24.3 Å². The van der Waals surface area contributed by atoms with Crippen LogP contribution < -0.4 is 14.8 Å². The number of nitrogens with zero attached hydrogens (tertiary/aromatic N) is 2. The van der Waals surface area contributed by atoms with Gasteiger partial charge in [-0.2, -0.15) is 5.10 Å². The van der Waals surface area contributed by atoms with Gasteiger partial charge in [-0.05, 0) is 59.7 Å². The molecule has 40 heavy (non-hydrogen) atoms. The lowest BCUT2D eigenvalue weighted by atomic mass is 9.99. The minimum atomic E-state index is -0.987. The molecular weight excluding hydrogens is 520 g/mol. The molecule has 0 spiro atoms. The Hall–Kier alpha value is -4.99. The Morgan fingerprint density at radius 2 is 1.82 bits per heavy atom. The van der Waals surface area contributed by atoms with E-state index in [1.54, 1.807) is 31.5 Å². The van der Waals surface area contributed by atoms with Gasteiger partial charge in [0.05, 0.1) is 31.3 Å². The minimum Gasteiger partial charge on any atom is -0.497 e. The average molecular weight is 546 g/mol. The summed E-state index contributed by atoms with van der Waals surface area (Å²) in [5.74, 6) is -1.66. The lowest BCUT2D eigenvalue weighted by Crippen LogP contribution is -2.32. The standard InChI is InChI=1S/C30H25F2N3O5/c1-39-26-9-6-19-12-21(3-2-20(19)13-26)29-27(17-35(34-29)24-15-22(31)14-23(32)16-24)40-25-7-4-18(5-8-25)30(38)33-11-10-28(36)37/h2-4,6-9,12-18H,5,10-11H2,1H3,(H,33,38)(H,36,37). The van der Waals surface area contributed by atoms with E-state index in [2.05, 4.69) is 10.4 Å². The van der Waals surface area contributed by atoms with Crippen LogP contribution in [0.5, 0.6) is 11.5 Å². The van der Waals surface area contributed by atoms with Crippen LogP contribution in [0.4, 0.5) is 8.78 Å². The molecule has 1 atom stereocenters. The van der Waals surface area contributed by atoms with Crippen molar-refractivity contribution in [3.05, 3.63) is 96.4 Å². The highest BCUT2D eigenvalue weighted by molar-refractivity contribution is 5.88. The van der Waals surface area contributed by atoms with Crippen LogP contribution in [0.2, 0.25) is 0 Å². The summed E-state index contributed by atoms with van der Waals surface area (Å²) in [4.78, 5) is 23.0. The maximum Gasteiger partial charge on any atom is 0.305 e. The summed E-state index contributed by atoms with van der Waals surface area (Å²) in [6.45, 7) is 0.0489. The van der Waals surface area contributed by atoms with E-state index in [9.17, 15) is 18.4 Å². The van der Waals surface area contributed by atoms with E-state index in [-0.39, 0.29) is 24.6 Å². The molecule has 8 nitrogen and oxygen atoms in total. The molecule has 1 unspecified atom stereocenters. The van der Waals surface area contributed by atoms with Crippen LogP contribution in [-0.4, -0.2) is 40.4 Å². The highest BCUT2D eigenvalue weighted by Gasteiger charge is 2.21. The number of carboxylic acid groups (broad SMARTS) is 1. The van der Waals surface area contributed by atoms with Crippen molar-refractivity contribution in [2.45, 2.75) is 12.8 Å². The van der Waals surface area contributed by atoms with Gasteiger partial charge in [-0.3, -0.25) is 9.59 Å². The summed E-state index contributed by atoms with van der Waals surface area (Å²) in [7, 11) is 1.60. The first-order valence-corrected chi connectivity index (χ1v) is 12.5. The number of carbonyl (C=O) groups is 2. The number of aliphatic carboxylic acids is 1. The summed E-state index contributed by atoms with van der Waals surface area (Å²) in [5, 5.41) is 17.9. The van der Waals surface area contributed by atoms with Crippen molar-refractivity contribution in [3.63, 3.8) is 0 Å². The maximum absolute atomic E-state index is 14.0. The molecule has 1 aromatic heterocycles. The molecular formula is C30H25F2N3O5. The molecule has 1 heterocycles. The number of fused-ring (bicyclic) bond motifs is 1. The summed E-state index contributed by atoms with van der Waals surface area (Å²) in [6.07, 6.45) is 6.82. The third kappa shape index (κ3) is 6.01. The first kappa shape index (κ1) is 26.6. The quantitative estimate of drug-likeness (QED) is 0.292. The molecule has 10 heteroatoms. The molecule has 1 aliphatic rings. The van der Waals surface area contributed by atoms with E-state index in [0.717, 1.165) is 28.2 Å². The van der Waals surface area contributed by atoms with Crippen LogP contribution in [0, 0.1) is 17.6 Å². The van der Waals surface area contributed by atoms with Crippen molar-refractivity contribution in [1.82, 2.24) is 15.1 Å². The van der Waals surface area contributed by atoms with Gasteiger partial charge in [0.2, 0.25) is 5.91 Å². The fourth-order valence-corrected chi connectivity index (χ4v) is 4.36. The van der Waals surface area contributed by atoms with E-state index >= 15 is 0 Å². The second-order valence-electron chi connectivity index (χ2n) is 9.19. The lowest BCUT2D eigenvalue weighted by Gasteiger charge is -2.16.